The molecule has 5 rings (SSSR count). The SMILES string of the molecule is COc1ccc(C2=NN(CN3c4ccccc4Sc4ccccc43)C(=O)CC2)cc1. The normalized spacial score (nSPS) is 15.4. The summed E-state index contributed by atoms with van der Waals surface area (Å²) >= 11 is 1.76. The van der Waals surface area contributed by atoms with Gasteiger partial charge in [-0.25, -0.2) is 5.01 Å². The predicted octanol–water partition coefficient (Wildman–Crippen LogP) is 5.28. The van der Waals surface area contributed by atoms with Gasteiger partial charge in [-0.3, -0.25) is 4.79 Å². The van der Waals surface area contributed by atoms with Crippen molar-refractivity contribution in [3.63, 3.8) is 0 Å². The molecule has 2 heterocycles. The monoisotopic (exact) mass is 415 g/mol. The second kappa shape index (κ2) is 7.88. The molecule has 6 heteroatoms. The first kappa shape index (κ1) is 18.8. The first-order chi connectivity index (χ1) is 14.7. The quantitative estimate of drug-likeness (QED) is 0.581. The fraction of sp³-hybridized carbons (Fsp3) is 0.167. The van der Waals surface area contributed by atoms with Crippen LogP contribution in [-0.2, 0) is 4.79 Å². The fourth-order valence-electron chi connectivity index (χ4n) is 3.77. The number of amides is 1. The van der Waals surface area contributed by atoms with E-state index in [2.05, 4.69) is 29.2 Å². The van der Waals surface area contributed by atoms with Crippen molar-refractivity contribution in [3.05, 3.63) is 78.4 Å². The highest BCUT2D eigenvalue weighted by atomic mass is 32.2. The van der Waals surface area contributed by atoms with Gasteiger partial charge in [-0.15, -0.1) is 0 Å². The Hall–Kier alpha value is -3.25. The summed E-state index contributed by atoms with van der Waals surface area (Å²) in [4.78, 5) is 17.3. The highest BCUT2D eigenvalue weighted by Crippen LogP contribution is 2.47. The van der Waals surface area contributed by atoms with Gasteiger partial charge in [-0.1, -0.05) is 36.0 Å². The zero-order chi connectivity index (χ0) is 20.5. The van der Waals surface area contributed by atoms with Gasteiger partial charge in [0.15, 0.2) is 0 Å². The summed E-state index contributed by atoms with van der Waals surface area (Å²) in [5.41, 5.74) is 4.13. The van der Waals surface area contributed by atoms with Gasteiger partial charge < -0.3 is 9.64 Å². The number of anilines is 2. The Kier molecular flexibility index (Phi) is 4.93. The minimum atomic E-state index is 0.0421. The Morgan fingerprint density at radius 3 is 2.17 bits per heavy atom. The van der Waals surface area contributed by atoms with Gasteiger partial charge in [0.2, 0.25) is 5.91 Å². The molecular formula is C24H21N3O2S. The zero-order valence-electron chi connectivity index (χ0n) is 16.6. The molecule has 0 saturated heterocycles. The number of methoxy groups -OCH3 is 1. The van der Waals surface area contributed by atoms with Crippen molar-refractivity contribution in [2.75, 3.05) is 18.7 Å². The molecule has 2 aliphatic heterocycles. The third-order valence-corrected chi connectivity index (χ3v) is 6.47. The molecule has 0 bridgehead atoms. The van der Waals surface area contributed by atoms with Gasteiger partial charge in [0, 0.05) is 22.6 Å². The molecule has 0 fully saturated rings. The molecule has 0 spiro atoms. The Labute approximate surface area is 180 Å². The van der Waals surface area contributed by atoms with Gasteiger partial charge >= 0.3 is 0 Å². The lowest BCUT2D eigenvalue weighted by Crippen LogP contribution is -2.40. The molecule has 0 atom stereocenters. The Balaban J connectivity index is 1.49. The molecule has 3 aromatic rings. The van der Waals surface area contributed by atoms with Crippen LogP contribution in [0.4, 0.5) is 11.4 Å². The van der Waals surface area contributed by atoms with E-state index in [9.17, 15) is 4.79 Å². The number of hydrogen-bond donors (Lipinski definition) is 0. The lowest BCUT2D eigenvalue weighted by atomic mass is 10.0. The van der Waals surface area contributed by atoms with Crippen LogP contribution in [-0.4, -0.2) is 30.4 Å². The second-order valence-electron chi connectivity index (χ2n) is 7.18. The number of carbonyl (C=O) groups excluding carboxylic acids is 1. The Morgan fingerprint density at radius 2 is 1.53 bits per heavy atom. The number of ether oxygens (including phenoxy) is 1. The van der Waals surface area contributed by atoms with Crippen LogP contribution in [0, 0.1) is 0 Å². The lowest BCUT2D eigenvalue weighted by molar-refractivity contribution is -0.131. The largest absolute Gasteiger partial charge is 0.497 e. The van der Waals surface area contributed by atoms with Gasteiger partial charge in [0.1, 0.15) is 12.4 Å². The van der Waals surface area contributed by atoms with E-state index in [0.29, 0.717) is 19.5 Å². The van der Waals surface area contributed by atoms with Crippen molar-refractivity contribution >= 4 is 34.8 Å². The molecule has 30 heavy (non-hydrogen) atoms. The smallest absolute Gasteiger partial charge is 0.244 e. The van der Waals surface area contributed by atoms with Crippen molar-refractivity contribution in [2.24, 2.45) is 5.10 Å². The molecular weight excluding hydrogens is 394 g/mol. The van der Waals surface area contributed by atoms with Crippen LogP contribution in [0.25, 0.3) is 0 Å². The van der Waals surface area contributed by atoms with E-state index in [4.69, 9.17) is 9.84 Å². The lowest BCUT2D eigenvalue weighted by Gasteiger charge is -2.36. The molecule has 5 nitrogen and oxygen atoms in total. The Morgan fingerprint density at radius 1 is 0.900 bits per heavy atom. The summed E-state index contributed by atoms with van der Waals surface area (Å²) in [6, 6.07) is 24.4. The van der Waals surface area contributed by atoms with Gasteiger partial charge in [-0.2, -0.15) is 5.10 Å². The van der Waals surface area contributed by atoms with E-state index in [1.807, 2.05) is 48.5 Å². The summed E-state index contributed by atoms with van der Waals surface area (Å²) in [5, 5.41) is 6.34. The molecule has 0 radical (unpaired) electrons. The molecule has 0 N–H and O–H groups in total. The summed E-state index contributed by atoms with van der Waals surface area (Å²) in [5.74, 6) is 0.850. The summed E-state index contributed by atoms with van der Waals surface area (Å²) in [6.07, 6.45) is 1.10. The molecule has 0 unspecified atom stereocenters. The van der Waals surface area contributed by atoms with Gasteiger partial charge in [-0.05, 0) is 54.1 Å². The van der Waals surface area contributed by atoms with Gasteiger partial charge in [0.05, 0.1) is 24.2 Å². The summed E-state index contributed by atoms with van der Waals surface area (Å²) < 4.78 is 5.25. The standard InChI is InChI=1S/C24H21N3O2S/c1-29-18-12-10-17(11-13-18)19-14-15-24(28)27(25-19)16-26-20-6-2-4-8-22(20)30-23-9-5-3-7-21(23)26/h2-13H,14-16H2,1H3. The zero-order valence-corrected chi connectivity index (χ0v) is 17.4. The summed E-state index contributed by atoms with van der Waals surface area (Å²) in [6.45, 7) is 0.382. The minimum Gasteiger partial charge on any atom is -0.497 e. The van der Waals surface area contributed by atoms with Gasteiger partial charge in [0.25, 0.3) is 0 Å². The number of nitrogens with zero attached hydrogens (tertiary/aromatic N) is 3. The van der Waals surface area contributed by atoms with Crippen LogP contribution in [0.5, 0.6) is 5.75 Å². The van der Waals surface area contributed by atoms with E-state index >= 15 is 0 Å². The van der Waals surface area contributed by atoms with Crippen LogP contribution in [0.1, 0.15) is 18.4 Å². The molecule has 1 amide bonds. The predicted molar refractivity (Wildman–Crippen MR) is 120 cm³/mol. The minimum absolute atomic E-state index is 0.0421. The van der Waals surface area contributed by atoms with Crippen molar-refractivity contribution < 1.29 is 9.53 Å². The molecule has 3 aromatic carbocycles. The number of hydrazone groups is 1. The maximum absolute atomic E-state index is 12.7. The van der Waals surface area contributed by atoms with Crippen LogP contribution >= 0.6 is 11.8 Å². The number of carbonyl (C=O) groups is 1. The number of fused-ring (bicyclic) bond motifs is 2. The molecule has 150 valence electrons. The number of hydrogen-bond acceptors (Lipinski definition) is 5. The van der Waals surface area contributed by atoms with Crippen molar-refractivity contribution in [2.45, 2.75) is 22.6 Å². The summed E-state index contributed by atoms with van der Waals surface area (Å²) in [7, 11) is 1.65. The highest BCUT2D eigenvalue weighted by molar-refractivity contribution is 7.99. The van der Waals surface area contributed by atoms with E-state index in [-0.39, 0.29) is 5.91 Å². The molecule has 0 aromatic heterocycles. The number of para-hydroxylation sites is 2. The third kappa shape index (κ3) is 3.44. The average molecular weight is 416 g/mol. The average Bonchev–Trinajstić information content (AvgIpc) is 2.80. The molecule has 2 aliphatic rings. The van der Waals surface area contributed by atoms with Crippen LogP contribution < -0.4 is 9.64 Å². The van der Waals surface area contributed by atoms with Crippen LogP contribution in [0.2, 0.25) is 0 Å². The molecule has 0 aliphatic carbocycles. The van der Waals surface area contributed by atoms with Crippen molar-refractivity contribution in [1.29, 1.82) is 0 Å². The Bertz CT molecular complexity index is 1080. The van der Waals surface area contributed by atoms with E-state index in [1.54, 1.807) is 23.9 Å². The van der Waals surface area contributed by atoms with Crippen LogP contribution in [0.3, 0.4) is 0 Å². The number of benzene rings is 3. The topological polar surface area (TPSA) is 45.1 Å². The first-order valence-electron chi connectivity index (χ1n) is 9.88. The van der Waals surface area contributed by atoms with Crippen LogP contribution in [0.15, 0.2) is 87.7 Å². The fourth-order valence-corrected chi connectivity index (χ4v) is 4.87. The second-order valence-corrected chi connectivity index (χ2v) is 8.26. The first-order valence-corrected chi connectivity index (χ1v) is 10.7. The number of rotatable bonds is 4. The highest BCUT2D eigenvalue weighted by Gasteiger charge is 2.28. The van der Waals surface area contributed by atoms with E-state index < -0.39 is 0 Å². The van der Waals surface area contributed by atoms with E-state index in [1.165, 1.54) is 9.79 Å². The maximum atomic E-state index is 12.7. The maximum Gasteiger partial charge on any atom is 0.244 e. The molecule has 0 saturated carbocycles. The van der Waals surface area contributed by atoms with E-state index in [0.717, 1.165) is 28.4 Å². The van der Waals surface area contributed by atoms with Crippen molar-refractivity contribution in [1.82, 2.24) is 5.01 Å². The van der Waals surface area contributed by atoms with Crippen molar-refractivity contribution in [3.8, 4) is 5.75 Å². The third-order valence-electron chi connectivity index (χ3n) is 5.34.